The molecule has 0 radical (unpaired) electrons. The van der Waals surface area contributed by atoms with Gasteiger partial charge in [0.05, 0.1) is 42.1 Å². The number of carbonyl (C=O) groups excluding carboxylic acids is 1. The third-order valence-electron chi connectivity index (χ3n) is 7.38. The Kier molecular flexibility index (Phi) is 10.5. The molecule has 2 aromatic carbocycles. The second-order valence-electron chi connectivity index (χ2n) is 12.1. The van der Waals surface area contributed by atoms with E-state index in [-0.39, 0.29) is 13.0 Å². The maximum absolute atomic E-state index is 13.8. The van der Waals surface area contributed by atoms with Gasteiger partial charge in [-0.2, -0.15) is 5.10 Å². The number of nitrogens with one attached hydrogen (secondary N) is 2. The van der Waals surface area contributed by atoms with Crippen LogP contribution in [0.2, 0.25) is 10.0 Å². The summed E-state index contributed by atoms with van der Waals surface area (Å²) in [6.45, 7) is 7.34. The zero-order valence-electron chi connectivity index (χ0n) is 26.0. The Morgan fingerprint density at radius 3 is 2.61 bits per heavy atom. The van der Waals surface area contributed by atoms with Gasteiger partial charge in [0.15, 0.2) is 0 Å². The van der Waals surface area contributed by atoms with E-state index in [1.165, 1.54) is 11.8 Å². The number of rotatable bonds is 12. The second kappa shape index (κ2) is 14.5. The van der Waals surface area contributed by atoms with Crippen molar-refractivity contribution in [1.29, 1.82) is 0 Å². The highest BCUT2D eigenvalue weighted by molar-refractivity contribution is 6.34. The van der Waals surface area contributed by atoms with Crippen LogP contribution in [0.5, 0.6) is 11.5 Å². The normalized spacial score (nSPS) is 13.4. The molecule has 4 aromatic rings. The highest BCUT2D eigenvalue weighted by atomic mass is 35.5. The van der Waals surface area contributed by atoms with Gasteiger partial charge in [0.25, 0.3) is 5.91 Å². The molecule has 3 N–H and O–H groups in total. The Bertz CT molecular complexity index is 1700. The monoisotopic (exact) mass is 665 g/mol. The molecule has 1 aliphatic rings. The zero-order chi connectivity index (χ0) is 32.8. The molecule has 242 valence electrons. The average molecular weight is 667 g/mol. The van der Waals surface area contributed by atoms with Crippen molar-refractivity contribution in [3.63, 3.8) is 0 Å². The van der Waals surface area contributed by atoms with Crippen molar-refractivity contribution >= 4 is 40.9 Å². The van der Waals surface area contributed by atoms with Crippen LogP contribution < -0.4 is 15.4 Å². The van der Waals surface area contributed by atoms with E-state index in [9.17, 15) is 14.7 Å². The molecule has 46 heavy (non-hydrogen) atoms. The summed E-state index contributed by atoms with van der Waals surface area (Å²) in [4.78, 5) is 30.4. The number of carboxylic acids is 1. The zero-order valence-corrected chi connectivity index (χ0v) is 27.5. The number of benzene rings is 2. The van der Waals surface area contributed by atoms with E-state index in [0.29, 0.717) is 51.3 Å². The first-order valence-corrected chi connectivity index (χ1v) is 15.9. The molecule has 1 unspecified atom stereocenters. The molecule has 1 aliphatic heterocycles. The molecule has 0 spiro atoms. The molecule has 12 heteroatoms. The minimum Gasteiger partial charge on any atom is -0.481 e. The van der Waals surface area contributed by atoms with Crippen molar-refractivity contribution in [3.8, 4) is 11.5 Å². The van der Waals surface area contributed by atoms with Gasteiger partial charge in [0.2, 0.25) is 0 Å². The number of nitrogens with zero attached hydrogens (tertiary/aromatic N) is 3. The number of amides is 1. The first kappa shape index (κ1) is 33.2. The van der Waals surface area contributed by atoms with Crippen LogP contribution in [-0.2, 0) is 35.5 Å². The predicted molar refractivity (Wildman–Crippen MR) is 177 cm³/mol. The molecule has 0 saturated carbocycles. The summed E-state index contributed by atoms with van der Waals surface area (Å²) in [6.07, 6.45) is 3.86. The number of hydrogen-bond donors (Lipinski definition) is 3. The lowest BCUT2D eigenvalue weighted by molar-refractivity contribution is -0.137. The van der Waals surface area contributed by atoms with E-state index in [1.807, 2.05) is 26.8 Å². The maximum Gasteiger partial charge on any atom is 0.305 e. The minimum atomic E-state index is -1.07. The van der Waals surface area contributed by atoms with Gasteiger partial charge < -0.3 is 25.2 Å². The number of fused-ring (bicyclic) bond motifs is 1. The molecule has 3 heterocycles. The van der Waals surface area contributed by atoms with Crippen molar-refractivity contribution < 1.29 is 24.2 Å². The summed E-state index contributed by atoms with van der Waals surface area (Å²) in [5.41, 5.74) is 3.12. The van der Waals surface area contributed by atoms with E-state index in [0.717, 1.165) is 30.9 Å². The number of carboxylic acid groups (broad SMARTS) is 1. The molecule has 0 saturated heterocycles. The maximum atomic E-state index is 13.8. The lowest BCUT2D eigenvalue weighted by Gasteiger charge is -2.22. The number of halogens is 2. The van der Waals surface area contributed by atoms with Gasteiger partial charge in [-0.3, -0.25) is 14.3 Å². The van der Waals surface area contributed by atoms with Crippen molar-refractivity contribution in [2.24, 2.45) is 0 Å². The number of aromatic nitrogens is 3. The SMILES string of the molecule is CC(C)(C)OCc1c(C(=O)NC(CC(=O)O)c2cccc(Oc3cc(Cl)cc(Cl)c3)c2)cnn1CCc1ccc2c(n1)NCCC2. The lowest BCUT2D eigenvalue weighted by Crippen LogP contribution is -2.31. The number of anilines is 1. The van der Waals surface area contributed by atoms with E-state index >= 15 is 0 Å². The number of aryl methyl sites for hydroxylation is 3. The number of hydrogen-bond acceptors (Lipinski definition) is 7. The molecule has 1 atom stereocenters. The molecule has 0 fully saturated rings. The smallest absolute Gasteiger partial charge is 0.305 e. The van der Waals surface area contributed by atoms with Gasteiger partial charge >= 0.3 is 5.97 Å². The van der Waals surface area contributed by atoms with Crippen molar-refractivity contribution in [1.82, 2.24) is 20.1 Å². The molecule has 0 bridgehead atoms. The topological polar surface area (TPSA) is 128 Å². The number of ether oxygens (including phenoxy) is 2. The van der Waals surface area contributed by atoms with Gasteiger partial charge in [0, 0.05) is 35.2 Å². The third kappa shape index (κ3) is 8.99. The number of pyridine rings is 1. The van der Waals surface area contributed by atoms with Gasteiger partial charge in [-0.1, -0.05) is 41.4 Å². The molecular formula is C34H37Cl2N5O5. The fraction of sp³-hybridized carbons (Fsp3) is 0.353. The van der Waals surface area contributed by atoms with Crippen molar-refractivity contribution in [2.75, 3.05) is 11.9 Å². The predicted octanol–water partition coefficient (Wildman–Crippen LogP) is 7.24. The fourth-order valence-electron chi connectivity index (χ4n) is 5.14. The Labute approximate surface area is 278 Å². The van der Waals surface area contributed by atoms with E-state index in [1.54, 1.807) is 47.1 Å². The van der Waals surface area contributed by atoms with E-state index in [4.69, 9.17) is 37.7 Å². The van der Waals surface area contributed by atoms with Crippen molar-refractivity contribution in [2.45, 2.75) is 71.2 Å². The fourth-order valence-corrected chi connectivity index (χ4v) is 5.65. The van der Waals surface area contributed by atoms with E-state index < -0.39 is 23.5 Å². The molecule has 0 aliphatic carbocycles. The van der Waals surface area contributed by atoms with Crippen LogP contribution in [0.3, 0.4) is 0 Å². The highest BCUT2D eigenvalue weighted by Gasteiger charge is 2.25. The Balaban J connectivity index is 1.36. The Morgan fingerprint density at radius 1 is 1.09 bits per heavy atom. The van der Waals surface area contributed by atoms with Crippen LogP contribution in [0, 0.1) is 0 Å². The largest absolute Gasteiger partial charge is 0.481 e. The van der Waals surface area contributed by atoms with Crippen LogP contribution in [0.4, 0.5) is 5.82 Å². The van der Waals surface area contributed by atoms with Crippen LogP contribution in [0.15, 0.2) is 60.8 Å². The Hall–Kier alpha value is -4.12. The lowest BCUT2D eigenvalue weighted by atomic mass is 10.0. The second-order valence-corrected chi connectivity index (χ2v) is 13.0. The summed E-state index contributed by atoms with van der Waals surface area (Å²) in [5, 5.41) is 21.3. The molecule has 1 amide bonds. The summed E-state index contributed by atoms with van der Waals surface area (Å²) >= 11 is 12.2. The summed E-state index contributed by atoms with van der Waals surface area (Å²) in [5.74, 6) is 0.243. The third-order valence-corrected chi connectivity index (χ3v) is 7.82. The summed E-state index contributed by atoms with van der Waals surface area (Å²) in [6, 6.07) is 15.0. The van der Waals surface area contributed by atoms with Crippen LogP contribution in [0.25, 0.3) is 0 Å². The summed E-state index contributed by atoms with van der Waals surface area (Å²) < 4.78 is 13.8. The van der Waals surface area contributed by atoms with Gasteiger partial charge in [0.1, 0.15) is 17.3 Å². The van der Waals surface area contributed by atoms with Gasteiger partial charge in [-0.25, -0.2) is 4.98 Å². The van der Waals surface area contributed by atoms with Gasteiger partial charge in [-0.05, 0) is 81.1 Å². The first-order valence-electron chi connectivity index (χ1n) is 15.1. The van der Waals surface area contributed by atoms with Gasteiger partial charge in [-0.15, -0.1) is 0 Å². The molecular weight excluding hydrogens is 629 g/mol. The van der Waals surface area contributed by atoms with Crippen LogP contribution in [-0.4, -0.2) is 43.9 Å². The molecule has 10 nitrogen and oxygen atoms in total. The quantitative estimate of drug-likeness (QED) is 0.144. The first-order chi connectivity index (χ1) is 21.9. The summed E-state index contributed by atoms with van der Waals surface area (Å²) in [7, 11) is 0. The minimum absolute atomic E-state index is 0.139. The standard InChI is InChI=1S/C34H37Cl2N5O5/c1-34(2,3)45-20-30-28(19-38-41(30)13-11-25-10-9-21-7-5-12-37-32(21)39-25)33(44)40-29(18-31(42)43)22-6-4-8-26(14-22)46-27-16-23(35)15-24(36)17-27/h4,6,8-10,14-17,19,29H,5,7,11-13,18,20H2,1-3H3,(H,37,39)(H,40,44)(H,42,43). The average Bonchev–Trinajstić information content (AvgIpc) is 3.40. The number of aliphatic carboxylic acids is 1. The molecule has 5 rings (SSSR count). The van der Waals surface area contributed by atoms with E-state index in [2.05, 4.69) is 21.8 Å². The highest BCUT2D eigenvalue weighted by Crippen LogP contribution is 2.30. The Morgan fingerprint density at radius 2 is 1.87 bits per heavy atom. The van der Waals surface area contributed by atoms with Crippen molar-refractivity contribution in [3.05, 3.63) is 98.9 Å². The number of carbonyl (C=O) groups is 2. The molecule has 2 aromatic heterocycles. The van der Waals surface area contributed by atoms with Crippen LogP contribution in [0.1, 0.15) is 72.5 Å². The van der Waals surface area contributed by atoms with Crippen LogP contribution >= 0.6 is 23.2 Å².